The third kappa shape index (κ3) is 2.58. The molecule has 0 saturated carbocycles. The molecule has 0 aliphatic heterocycles. The summed E-state index contributed by atoms with van der Waals surface area (Å²) in [5, 5.41) is -0.0730. The second-order valence-electron chi connectivity index (χ2n) is 4.30. The zero-order valence-corrected chi connectivity index (χ0v) is 12.8. The van der Waals surface area contributed by atoms with E-state index in [0.717, 1.165) is 11.1 Å². The van der Waals surface area contributed by atoms with Crippen molar-refractivity contribution >= 4 is 33.3 Å². The molecule has 0 radical (unpaired) electrons. The van der Waals surface area contributed by atoms with Crippen LogP contribution in [0, 0.1) is 19.7 Å². The van der Waals surface area contributed by atoms with E-state index in [1.54, 1.807) is 18.2 Å². The molecule has 2 aromatic rings. The summed E-state index contributed by atoms with van der Waals surface area (Å²) in [7, 11) is 0. The highest BCUT2D eigenvalue weighted by molar-refractivity contribution is 9.10. The van der Waals surface area contributed by atoms with E-state index < -0.39 is 5.82 Å². The number of aryl methyl sites for hydroxylation is 1. The van der Waals surface area contributed by atoms with Crippen molar-refractivity contribution in [1.29, 1.82) is 0 Å². The lowest BCUT2D eigenvalue weighted by Gasteiger charge is -2.09. The summed E-state index contributed by atoms with van der Waals surface area (Å²) < 4.78 is 14.5. The minimum absolute atomic E-state index is 0.0121. The highest BCUT2D eigenvalue weighted by atomic mass is 79.9. The molecule has 2 rings (SSSR count). The fourth-order valence-corrected chi connectivity index (χ4v) is 2.31. The molecule has 0 unspecified atom stereocenters. The van der Waals surface area contributed by atoms with Crippen LogP contribution in [0.15, 0.2) is 34.8 Å². The Balaban J connectivity index is 2.57. The van der Waals surface area contributed by atoms with Gasteiger partial charge in [-0.15, -0.1) is 0 Å². The van der Waals surface area contributed by atoms with Gasteiger partial charge in [0.05, 0.1) is 10.6 Å². The first-order chi connectivity index (χ1) is 8.93. The molecule has 98 valence electrons. The summed E-state index contributed by atoms with van der Waals surface area (Å²) in [6.45, 7) is 3.76. The van der Waals surface area contributed by atoms with Gasteiger partial charge in [-0.25, -0.2) is 4.39 Å². The van der Waals surface area contributed by atoms with Crippen molar-refractivity contribution in [2.75, 3.05) is 0 Å². The van der Waals surface area contributed by atoms with Crippen LogP contribution in [-0.2, 0) is 0 Å². The third-order valence-corrected chi connectivity index (χ3v) is 4.39. The lowest BCUT2D eigenvalue weighted by Crippen LogP contribution is -2.07. The van der Waals surface area contributed by atoms with Gasteiger partial charge in [0.2, 0.25) is 0 Å². The maximum absolute atomic E-state index is 14.0. The molecule has 0 fully saturated rings. The average Bonchev–Trinajstić information content (AvgIpc) is 2.39. The van der Waals surface area contributed by atoms with Crippen LogP contribution in [0.25, 0.3) is 0 Å². The van der Waals surface area contributed by atoms with Gasteiger partial charge in [0.15, 0.2) is 11.6 Å². The van der Waals surface area contributed by atoms with Gasteiger partial charge in [-0.3, -0.25) is 4.79 Å². The van der Waals surface area contributed by atoms with Gasteiger partial charge in [-0.1, -0.05) is 29.8 Å². The maximum atomic E-state index is 14.0. The lowest BCUT2D eigenvalue weighted by atomic mass is 9.96. The number of carbonyl (C=O) groups excluding carboxylic acids is 1. The minimum Gasteiger partial charge on any atom is -0.288 e. The fraction of sp³-hybridized carbons (Fsp3) is 0.133. The molecule has 0 saturated heterocycles. The molecule has 0 bridgehead atoms. The number of ketones is 1. The van der Waals surface area contributed by atoms with Crippen LogP contribution in [0.1, 0.15) is 27.0 Å². The Hall–Kier alpha value is -1.19. The minimum atomic E-state index is -0.693. The topological polar surface area (TPSA) is 17.1 Å². The van der Waals surface area contributed by atoms with Gasteiger partial charge in [0, 0.05) is 10.0 Å². The molecule has 0 aliphatic carbocycles. The number of hydrogen-bond donors (Lipinski definition) is 0. The molecule has 0 amide bonds. The fourth-order valence-electron chi connectivity index (χ4n) is 1.84. The van der Waals surface area contributed by atoms with Crippen LogP contribution in [0.3, 0.4) is 0 Å². The Bertz CT molecular complexity index is 667. The Morgan fingerprint density at radius 2 is 1.84 bits per heavy atom. The molecule has 0 aliphatic rings. The van der Waals surface area contributed by atoms with Crippen LogP contribution >= 0.6 is 27.5 Å². The molecule has 0 spiro atoms. The van der Waals surface area contributed by atoms with E-state index in [2.05, 4.69) is 15.9 Å². The van der Waals surface area contributed by atoms with Crippen molar-refractivity contribution in [3.63, 3.8) is 0 Å². The number of hydrogen-bond acceptors (Lipinski definition) is 1. The van der Waals surface area contributed by atoms with Gasteiger partial charge in [-0.05, 0) is 53.0 Å². The van der Waals surface area contributed by atoms with E-state index >= 15 is 0 Å². The van der Waals surface area contributed by atoms with E-state index in [0.29, 0.717) is 10.0 Å². The molecule has 1 nitrogen and oxygen atoms in total. The van der Waals surface area contributed by atoms with Gasteiger partial charge in [0.25, 0.3) is 0 Å². The first-order valence-electron chi connectivity index (χ1n) is 5.68. The number of halogens is 3. The summed E-state index contributed by atoms with van der Waals surface area (Å²) >= 11 is 8.94. The Morgan fingerprint density at radius 1 is 1.16 bits per heavy atom. The quantitative estimate of drug-likeness (QED) is 0.549. The van der Waals surface area contributed by atoms with Crippen molar-refractivity contribution < 1.29 is 9.18 Å². The predicted octanol–water partition coefficient (Wildman–Crippen LogP) is 5.09. The normalized spacial score (nSPS) is 10.6. The van der Waals surface area contributed by atoms with Crippen molar-refractivity contribution in [1.82, 2.24) is 0 Å². The number of carbonyl (C=O) groups is 1. The van der Waals surface area contributed by atoms with Crippen molar-refractivity contribution in [3.05, 3.63) is 67.9 Å². The van der Waals surface area contributed by atoms with Gasteiger partial charge < -0.3 is 0 Å². The predicted molar refractivity (Wildman–Crippen MR) is 78.5 cm³/mol. The Kier molecular flexibility index (Phi) is 4.07. The highest BCUT2D eigenvalue weighted by Gasteiger charge is 2.19. The Labute approximate surface area is 124 Å². The molecule has 19 heavy (non-hydrogen) atoms. The van der Waals surface area contributed by atoms with E-state index in [9.17, 15) is 9.18 Å². The van der Waals surface area contributed by atoms with Crippen LogP contribution in [0.5, 0.6) is 0 Å². The van der Waals surface area contributed by atoms with Gasteiger partial charge in [0.1, 0.15) is 0 Å². The maximum Gasteiger partial charge on any atom is 0.196 e. The largest absolute Gasteiger partial charge is 0.288 e. The van der Waals surface area contributed by atoms with E-state index in [4.69, 9.17) is 11.6 Å². The van der Waals surface area contributed by atoms with Crippen molar-refractivity contribution in [2.45, 2.75) is 13.8 Å². The molecule has 0 N–H and O–H groups in total. The van der Waals surface area contributed by atoms with Crippen molar-refractivity contribution in [3.8, 4) is 0 Å². The Morgan fingerprint density at radius 3 is 2.53 bits per heavy atom. The van der Waals surface area contributed by atoms with Crippen LogP contribution in [0.2, 0.25) is 5.02 Å². The summed E-state index contributed by atoms with van der Waals surface area (Å²) in [6.07, 6.45) is 0. The molecule has 2 aromatic carbocycles. The summed E-state index contributed by atoms with van der Waals surface area (Å²) in [5.74, 6) is -1.05. The highest BCUT2D eigenvalue weighted by Crippen LogP contribution is 2.29. The zero-order chi connectivity index (χ0) is 14.2. The smallest absolute Gasteiger partial charge is 0.196 e. The van der Waals surface area contributed by atoms with Gasteiger partial charge >= 0.3 is 0 Å². The summed E-state index contributed by atoms with van der Waals surface area (Å²) in [6, 6.07) is 8.41. The molecule has 0 heterocycles. The van der Waals surface area contributed by atoms with Gasteiger partial charge in [-0.2, -0.15) is 0 Å². The first kappa shape index (κ1) is 14.2. The first-order valence-corrected chi connectivity index (χ1v) is 6.85. The third-order valence-electron chi connectivity index (χ3n) is 3.13. The SMILES string of the molecule is Cc1cccc(C(=O)c2ccc(Br)c(Cl)c2F)c1C. The molecule has 0 atom stereocenters. The second-order valence-corrected chi connectivity index (χ2v) is 5.53. The van der Waals surface area contributed by atoms with Crippen LogP contribution in [0.4, 0.5) is 4.39 Å². The van der Waals surface area contributed by atoms with Crippen molar-refractivity contribution in [2.24, 2.45) is 0 Å². The zero-order valence-electron chi connectivity index (χ0n) is 10.4. The van der Waals surface area contributed by atoms with Crippen LogP contribution < -0.4 is 0 Å². The lowest BCUT2D eigenvalue weighted by molar-refractivity contribution is 0.103. The monoisotopic (exact) mass is 340 g/mol. The number of rotatable bonds is 2. The van der Waals surface area contributed by atoms with Crippen LogP contribution in [-0.4, -0.2) is 5.78 Å². The number of benzene rings is 2. The molecular weight excluding hydrogens is 331 g/mol. The average molecular weight is 342 g/mol. The standard InChI is InChI=1S/C15H11BrClFO/c1-8-4-3-5-10(9(8)2)15(19)11-6-7-12(16)13(17)14(11)18/h3-7H,1-2H3. The molecule has 4 heteroatoms. The molecular formula is C15H11BrClFO. The van der Waals surface area contributed by atoms with E-state index in [1.165, 1.54) is 6.07 Å². The second kappa shape index (κ2) is 5.43. The molecule has 0 aromatic heterocycles. The summed E-state index contributed by atoms with van der Waals surface area (Å²) in [4.78, 5) is 12.4. The summed E-state index contributed by atoms with van der Waals surface area (Å²) in [5.41, 5.74) is 2.33. The van der Waals surface area contributed by atoms with E-state index in [-0.39, 0.29) is 16.4 Å². The van der Waals surface area contributed by atoms with E-state index in [1.807, 2.05) is 19.9 Å².